The Hall–Kier alpha value is -3.35. The van der Waals surface area contributed by atoms with Crippen LogP contribution in [0.1, 0.15) is 5.56 Å². The molecule has 0 amide bonds. The van der Waals surface area contributed by atoms with Crippen molar-refractivity contribution in [2.45, 2.75) is 6.92 Å². The molecule has 7 nitrogen and oxygen atoms in total. The summed E-state index contributed by atoms with van der Waals surface area (Å²) < 4.78 is 10.4. The molecule has 0 aliphatic rings. The van der Waals surface area contributed by atoms with E-state index in [0.29, 0.717) is 17.3 Å². The smallest absolute Gasteiger partial charge is 0.316 e. The van der Waals surface area contributed by atoms with Gasteiger partial charge in [-0.15, -0.1) is 0 Å². The minimum Gasteiger partial charge on any atom is -0.328 e. The van der Waals surface area contributed by atoms with Crippen LogP contribution in [0.15, 0.2) is 57.7 Å². The van der Waals surface area contributed by atoms with Gasteiger partial charge in [-0.2, -0.15) is 9.97 Å². The third-order valence-corrected chi connectivity index (χ3v) is 3.24. The van der Waals surface area contributed by atoms with Gasteiger partial charge < -0.3 is 9.05 Å². The van der Waals surface area contributed by atoms with Gasteiger partial charge in [-0.3, -0.25) is 4.98 Å². The number of benzene rings is 1. The number of aromatic nitrogens is 5. The van der Waals surface area contributed by atoms with E-state index in [0.717, 1.165) is 11.1 Å². The first-order valence-electron chi connectivity index (χ1n) is 6.96. The molecule has 0 N–H and O–H groups in total. The van der Waals surface area contributed by atoms with Crippen LogP contribution in [0.2, 0.25) is 0 Å². The Balaban J connectivity index is 1.65. The summed E-state index contributed by atoms with van der Waals surface area (Å²) in [6.07, 6.45) is 1.66. The molecular weight excluding hydrogens is 294 g/mol. The summed E-state index contributed by atoms with van der Waals surface area (Å²) in [5, 5.41) is 7.83. The van der Waals surface area contributed by atoms with E-state index in [2.05, 4.69) is 25.3 Å². The third kappa shape index (κ3) is 2.59. The van der Waals surface area contributed by atoms with Gasteiger partial charge in [0.25, 0.3) is 0 Å². The number of hydrogen-bond acceptors (Lipinski definition) is 7. The van der Waals surface area contributed by atoms with Crippen molar-refractivity contribution in [3.05, 3.63) is 54.2 Å². The van der Waals surface area contributed by atoms with Crippen molar-refractivity contribution in [1.29, 1.82) is 0 Å². The van der Waals surface area contributed by atoms with E-state index >= 15 is 0 Å². The summed E-state index contributed by atoms with van der Waals surface area (Å²) in [6.45, 7) is 2.02. The highest BCUT2D eigenvalue weighted by molar-refractivity contribution is 5.57. The van der Waals surface area contributed by atoms with Crippen LogP contribution in [0, 0.1) is 6.92 Å². The molecule has 0 unspecified atom stereocenters. The maximum atomic E-state index is 5.21. The second-order valence-corrected chi connectivity index (χ2v) is 4.93. The summed E-state index contributed by atoms with van der Waals surface area (Å²) in [5.74, 6) is 1.18. The Kier molecular flexibility index (Phi) is 3.16. The summed E-state index contributed by atoms with van der Waals surface area (Å²) in [7, 11) is 0. The summed E-state index contributed by atoms with van der Waals surface area (Å²) in [6, 6.07) is 13.3. The molecule has 0 aliphatic carbocycles. The van der Waals surface area contributed by atoms with E-state index in [4.69, 9.17) is 9.05 Å². The van der Waals surface area contributed by atoms with Crippen molar-refractivity contribution < 1.29 is 9.05 Å². The maximum absolute atomic E-state index is 5.21. The molecule has 3 heterocycles. The normalized spacial score (nSPS) is 10.8. The molecule has 4 rings (SSSR count). The van der Waals surface area contributed by atoms with Gasteiger partial charge in [-0.1, -0.05) is 46.2 Å². The van der Waals surface area contributed by atoms with Crippen LogP contribution in [0.25, 0.3) is 34.7 Å². The molecule has 112 valence electrons. The Labute approximate surface area is 131 Å². The number of aryl methyl sites for hydroxylation is 1. The maximum Gasteiger partial charge on any atom is 0.316 e. The number of rotatable bonds is 3. The second-order valence-electron chi connectivity index (χ2n) is 4.93. The van der Waals surface area contributed by atoms with Crippen molar-refractivity contribution in [3.63, 3.8) is 0 Å². The van der Waals surface area contributed by atoms with Gasteiger partial charge in [-0.05, 0) is 19.1 Å². The zero-order valence-electron chi connectivity index (χ0n) is 12.2. The molecule has 3 aromatic heterocycles. The molecule has 4 aromatic rings. The molecule has 0 aliphatic heterocycles. The highest BCUT2D eigenvalue weighted by Gasteiger charge is 2.18. The largest absolute Gasteiger partial charge is 0.328 e. The van der Waals surface area contributed by atoms with E-state index in [9.17, 15) is 0 Å². The van der Waals surface area contributed by atoms with Gasteiger partial charge in [0.1, 0.15) is 5.69 Å². The van der Waals surface area contributed by atoms with E-state index in [1.165, 1.54) is 0 Å². The highest BCUT2D eigenvalue weighted by atomic mass is 16.5. The Morgan fingerprint density at radius 3 is 2.17 bits per heavy atom. The van der Waals surface area contributed by atoms with E-state index in [-0.39, 0.29) is 11.8 Å². The summed E-state index contributed by atoms with van der Waals surface area (Å²) in [4.78, 5) is 12.7. The number of pyridine rings is 1. The van der Waals surface area contributed by atoms with Gasteiger partial charge >= 0.3 is 11.8 Å². The molecule has 0 radical (unpaired) electrons. The Bertz CT molecular complexity index is 929. The fourth-order valence-corrected chi connectivity index (χ4v) is 2.04. The molecule has 0 spiro atoms. The lowest BCUT2D eigenvalue weighted by Crippen LogP contribution is -1.84. The molecule has 0 atom stereocenters. The van der Waals surface area contributed by atoms with Gasteiger partial charge in [0.05, 0.1) is 0 Å². The Morgan fingerprint density at radius 1 is 0.783 bits per heavy atom. The fraction of sp³-hybridized carbons (Fsp3) is 0.0625. The van der Waals surface area contributed by atoms with E-state index < -0.39 is 0 Å². The van der Waals surface area contributed by atoms with Crippen LogP contribution >= 0.6 is 0 Å². The summed E-state index contributed by atoms with van der Waals surface area (Å²) >= 11 is 0. The van der Waals surface area contributed by atoms with Crippen LogP contribution in [-0.4, -0.2) is 25.3 Å². The van der Waals surface area contributed by atoms with Gasteiger partial charge in [0.2, 0.25) is 11.6 Å². The van der Waals surface area contributed by atoms with Gasteiger partial charge in [0.15, 0.2) is 0 Å². The predicted molar refractivity (Wildman–Crippen MR) is 81.0 cm³/mol. The monoisotopic (exact) mass is 305 g/mol. The average molecular weight is 305 g/mol. The van der Waals surface area contributed by atoms with Crippen molar-refractivity contribution >= 4 is 0 Å². The van der Waals surface area contributed by atoms with Crippen molar-refractivity contribution in [2.24, 2.45) is 0 Å². The topological polar surface area (TPSA) is 90.7 Å². The molecule has 23 heavy (non-hydrogen) atoms. The van der Waals surface area contributed by atoms with Crippen LogP contribution in [0.5, 0.6) is 0 Å². The molecule has 0 bridgehead atoms. The van der Waals surface area contributed by atoms with Crippen molar-refractivity contribution in [2.75, 3.05) is 0 Å². The highest BCUT2D eigenvalue weighted by Crippen LogP contribution is 2.23. The minimum absolute atomic E-state index is 0.163. The second kappa shape index (κ2) is 5.45. The first-order chi connectivity index (χ1) is 11.3. The molecule has 0 fully saturated rings. The fourth-order valence-electron chi connectivity index (χ4n) is 2.04. The molecule has 1 aromatic carbocycles. The molecule has 0 saturated heterocycles. The zero-order valence-corrected chi connectivity index (χ0v) is 12.2. The van der Waals surface area contributed by atoms with Crippen LogP contribution in [-0.2, 0) is 0 Å². The Morgan fingerprint density at radius 2 is 1.48 bits per heavy atom. The lowest BCUT2D eigenvalue weighted by molar-refractivity contribution is 0.383. The third-order valence-electron chi connectivity index (χ3n) is 3.24. The molecule has 0 saturated carbocycles. The standard InChI is InChI=1S/C16H11N5O2/c1-10-5-7-11(8-6-10)13-18-15(22-20-13)16-19-14(21-23-16)12-4-2-3-9-17-12/h2-9H,1H3. The van der Waals surface area contributed by atoms with Gasteiger partial charge in [0, 0.05) is 11.8 Å². The van der Waals surface area contributed by atoms with Crippen molar-refractivity contribution in [1.82, 2.24) is 25.3 Å². The lowest BCUT2D eigenvalue weighted by Gasteiger charge is -1.94. The first kappa shape index (κ1) is 13.3. The molecule has 7 heteroatoms. The van der Waals surface area contributed by atoms with E-state index in [1.54, 1.807) is 12.3 Å². The average Bonchev–Trinajstić information content (AvgIpc) is 3.26. The van der Waals surface area contributed by atoms with Crippen LogP contribution in [0.3, 0.4) is 0 Å². The molecular formula is C16H11N5O2. The van der Waals surface area contributed by atoms with Crippen LogP contribution in [0.4, 0.5) is 0 Å². The lowest BCUT2D eigenvalue weighted by atomic mass is 10.1. The summed E-state index contributed by atoms with van der Waals surface area (Å²) in [5.41, 5.74) is 2.63. The van der Waals surface area contributed by atoms with Gasteiger partial charge in [-0.25, -0.2) is 0 Å². The minimum atomic E-state index is 0.163. The predicted octanol–water partition coefficient (Wildman–Crippen LogP) is 3.16. The van der Waals surface area contributed by atoms with E-state index in [1.807, 2.05) is 43.3 Å². The first-order valence-corrected chi connectivity index (χ1v) is 6.96. The van der Waals surface area contributed by atoms with Crippen molar-refractivity contribution in [3.8, 4) is 34.7 Å². The number of hydrogen-bond donors (Lipinski definition) is 0. The number of nitrogens with zero attached hydrogens (tertiary/aromatic N) is 5. The van der Waals surface area contributed by atoms with Crippen LogP contribution < -0.4 is 0 Å². The SMILES string of the molecule is Cc1ccc(-c2noc(-c3nc(-c4ccccn4)no3)n2)cc1. The zero-order chi connectivity index (χ0) is 15.6. The quantitative estimate of drug-likeness (QED) is 0.574.